The number of pyridine rings is 1. The molecule has 2 heterocycles. The first kappa shape index (κ1) is 19.9. The molecule has 5 nitrogen and oxygen atoms in total. The van der Waals surface area contributed by atoms with Crippen molar-refractivity contribution in [3.63, 3.8) is 0 Å². The summed E-state index contributed by atoms with van der Waals surface area (Å²) in [6, 6.07) is 9.28. The van der Waals surface area contributed by atoms with Crippen molar-refractivity contribution in [3.8, 4) is 11.6 Å². The quantitative estimate of drug-likeness (QED) is 0.576. The van der Waals surface area contributed by atoms with Crippen LogP contribution in [0.5, 0.6) is 11.6 Å². The second-order valence-corrected chi connectivity index (χ2v) is 7.45. The van der Waals surface area contributed by atoms with Gasteiger partial charge >= 0.3 is 0 Å². The van der Waals surface area contributed by atoms with Crippen LogP contribution in [0, 0.1) is 12.7 Å². The van der Waals surface area contributed by atoms with Crippen molar-refractivity contribution in [2.24, 2.45) is 0 Å². The maximum Gasteiger partial charge on any atom is 0.263 e. The molecule has 0 saturated carbocycles. The number of hydrogen-bond acceptors (Lipinski definition) is 5. The Hall–Kier alpha value is -2.80. The number of thiazole rings is 1. The fraction of sp³-hybridized carbons (Fsp3) is 0.286. The Balaban J connectivity index is 1.55. The lowest BCUT2D eigenvalue weighted by atomic mass is 10.2. The lowest BCUT2D eigenvalue weighted by Gasteiger charge is -2.07. The highest BCUT2D eigenvalue weighted by Crippen LogP contribution is 2.21. The molecule has 3 aromatic rings. The fourth-order valence-electron chi connectivity index (χ4n) is 2.56. The molecule has 1 aromatic carbocycles. The summed E-state index contributed by atoms with van der Waals surface area (Å²) in [5, 5.41) is 3.92. The molecular formula is C21H22FN3O2S. The van der Waals surface area contributed by atoms with Crippen molar-refractivity contribution < 1.29 is 13.9 Å². The second-order valence-electron chi connectivity index (χ2n) is 6.37. The average molecular weight is 399 g/mol. The molecule has 0 saturated heterocycles. The molecular weight excluding hydrogens is 377 g/mol. The number of nitrogens with zero attached hydrogens (tertiary/aromatic N) is 2. The standard InChI is InChI=1S/C21H22FN3O2S/c1-3-4-5-19-25-14(2)20(28-19)21(26)24-13-15-6-11-18(23-12-15)27-17-9-7-16(22)8-10-17/h6-12H,3-5,13H2,1-2H3,(H,24,26). The Morgan fingerprint density at radius 3 is 2.68 bits per heavy atom. The van der Waals surface area contributed by atoms with Gasteiger partial charge in [-0.05, 0) is 49.6 Å². The first-order valence-corrected chi connectivity index (χ1v) is 9.99. The molecule has 0 aliphatic heterocycles. The number of benzene rings is 1. The summed E-state index contributed by atoms with van der Waals surface area (Å²) in [5.74, 6) is 0.472. The molecule has 146 valence electrons. The van der Waals surface area contributed by atoms with Crippen LogP contribution in [-0.2, 0) is 13.0 Å². The highest BCUT2D eigenvalue weighted by molar-refractivity contribution is 7.13. The zero-order valence-electron chi connectivity index (χ0n) is 15.9. The normalized spacial score (nSPS) is 10.7. The molecule has 1 amide bonds. The molecule has 28 heavy (non-hydrogen) atoms. The Bertz CT molecular complexity index is 924. The van der Waals surface area contributed by atoms with Crippen molar-refractivity contribution in [2.45, 2.75) is 39.7 Å². The van der Waals surface area contributed by atoms with Crippen LogP contribution in [0.2, 0.25) is 0 Å². The van der Waals surface area contributed by atoms with E-state index in [1.807, 2.05) is 13.0 Å². The van der Waals surface area contributed by atoms with Crippen LogP contribution >= 0.6 is 11.3 Å². The number of rotatable bonds is 8. The van der Waals surface area contributed by atoms with Gasteiger partial charge in [-0.15, -0.1) is 11.3 Å². The molecule has 0 aliphatic rings. The second kappa shape index (κ2) is 9.41. The van der Waals surface area contributed by atoms with Crippen molar-refractivity contribution in [1.82, 2.24) is 15.3 Å². The summed E-state index contributed by atoms with van der Waals surface area (Å²) >= 11 is 1.46. The van der Waals surface area contributed by atoms with E-state index >= 15 is 0 Å². The topological polar surface area (TPSA) is 64.1 Å². The molecule has 7 heteroatoms. The van der Waals surface area contributed by atoms with Gasteiger partial charge in [0.1, 0.15) is 16.4 Å². The van der Waals surface area contributed by atoms with Gasteiger partial charge in [0.05, 0.1) is 10.7 Å². The van der Waals surface area contributed by atoms with Crippen LogP contribution in [0.1, 0.15) is 45.7 Å². The molecule has 0 bridgehead atoms. The van der Waals surface area contributed by atoms with Crippen LogP contribution in [0.25, 0.3) is 0 Å². The van der Waals surface area contributed by atoms with Crippen molar-refractivity contribution in [1.29, 1.82) is 0 Å². The Morgan fingerprint density at radius 1 is 1.21 bits per heavy atom. The van der Waals surface area contributed by atoms with E-state index in [2.05, 4.69) is 22.2 Å². The highest BCUT2D eigenvalue weighted by atomic mass is 32.1. The van der Waals surface area contributed by atoms with E-state index in [9.17, 15) is 9.18 Å². The third-order valence-electron chi connectivity index (χ3n) is 4.08. The molecule has 0 radical (unpaired) electrons. The van der Waals surface area contributed by atoms with E-state index in [4.69, 9.17) is 4.74 Å². The lowest BCUT2D eigenvalue weighted by Crippen LogP contribution is -2.22. The molecule has 0 spiro atoms. The number of aromatic nitrogens is 2. The molecule has 1 N–H and O–H groups in total. The van der Waals surface area contributed by atoms with Crippen LogP contribution in [0.15, 0.2) is 42.6 Å². The van der Waals surface area contributed by atoms with Gasteiger partial charge in [0.2, 0.25) is 5.88 Å². The predicted molar refractivity (Wildman–Crippen MR) is 107 cm³/mol. The first-order valence-electron chi connectivity index (χ1n) is 9.18. The van der Waals surface area contributed by atoms with Crippen molar-refractivity contribution in [2.75, 3.05) is 0 Å². The molecule has 3 rings (SSSR count). The molecule has 0 fully saturated rings. The minimum atomic E-state index is -0.319. The summed E-state index contributed by atoms with van der Waals surface area (Å²) in [6.07, 6.45) is 4.74. The maximum atomic E-state index is 12.9. The summed E-state index contributed by atoms with van der Waals surface area (Å²) in [4.78, 5) is 21.8. The third-order valence-corrected chi connectivity index (χ3v) is 5.29. The van der Waals surface area contributed by atoms with Gasteiger partial charge in [-0.2, -0.15) is 0 Å². The van der Waals surface area contributed by atoms with Crippen molar-refractivity contribution >= 4 is 17.2 Å². The molecule has 2 aromatic heterocycles. The van der Waals surface area contributed by atoms with E-state index in [0.29, 0.717) is 23.1 Å². The summed E-state index contributed by atoms with van der Waals surface area (Å²) in [6.45, 7) is 4.37. The Kier molecular flexibility index (Phi) is 6.71. The summed E-state index contributed by atoms with van der Waals surface area (Å²) in [5.41, 5.74) is 1.63. The zero-order chi connectivity index (χ0) is 19.9. The van der Waals surface area contributed by atoms with Crippen LogP contribution in [0.4, 0.5) is 4.39 Å². The lowest BCUT2D eigenvalue weighted by molar-refractivity contribution is 0.0954. The predicted octanol–water partition coefficient (Wildman–Crippen LogP) is 5.05. The molecule has 0 atom stereocenters. The van der Waals surface area contributed by atoms with Gasteiger partial charge in [0.25, 0.3) is 5.91 Å². The van der Waals surface area contributed by atoms with E-state index in [1.54, 1.807) is 12.3 Å². The molecule has 0 aliphatic carbocycles. The van der Waals surface area contributed by atoms with E-state index in [-0.39, 0.29) is 11.7 Å². The van der Waals surface area contributed by atoms with E-state index < -0.39 is 0 Å². The largest absolute Gasteiger partial charge is 0.439 e. The number of hydrogen-bond donors (Lipinski definition) is 1. The van der Waals surface area contributed by atoms with Crippen molar-refractivity contribution in [3.05, 3.63) is 69.6 Å². The van der Waals surface area contributed by atoms with E-state index in [1.165, 1.54) is 35.6 Å². The number of unbranched alkanes of at least 4 members (excludes halogenated alkanes) is 1. The molecule has 0 unspecified atom stereocenters. The number of aryl methyl sites for hydroxylation is 2. The number of halogens is 1. The summed E-state index contributed by atoms with van der Waals surface area (Å²) in [7, 11) is 0. The van der Waals surface area contributed by atoms with Crippen LogP contribution in [0.3, 0.4) is 0 Å². The van der Waals surface area contributed by atoms with Gasteiger partial charge in [0.15, 0.2) is 0 Å². The van der Waals surface area contributed by atoms with Gasteiger partial charge in [0, 0.05) is 18.8 Å². The Morgan fingerprint density at radius 2 is 2.00 bits per heavy atom. The Labute approximate surface area is 167 Å². The van der Waals surface area contributed by atoms with Gasteiger partial charge in [-0.1, -0.05) is 19.4 Å². The number of carbonyl (C=O) groups excluding carboxylic acids is 1. The van der Waals surface area contributed by atoms with Crippen LogP contribution in [-0.4, -0.2) is 15.9 Å². The number of carbonyl (C=O) groups is 1. The van der Waals surface area contributed by atoms with Gasteiger partial charge < -0.3 is 10.1 Å². The minimum Gasteiger partial charge on any atom is -0.439 e. The van der Waals surface area contributed by atoms with Gasteiger partial charge in [-0.3, -0.25) is 4.79 Å². The minimum absolute atomic E-state index is 0.121. The zero-order valence-corrected chi connectivity index (χ0v) is 16.7. The smallest absolute Gasteiger partial charge is 0.263 e. The SMILES string of the molecule is CCCCc1nc(C)c(C(=O)NCc2ccc(Oc3ccc(F)cc3)nc2)s1. The van der Waals surface area contributed by atoms with Crippen LogP contribution < -0.4 is 10.1 Å². The number of ether oxygens (including phenoxy) is 1. The third kappa shape index (κ3) is 5.36. The number of amides is 1. The highest BCUT2D eigenvalue weighted by Gasteiger charge is 2.15. The summed E-state index contributed by atoms with van der Waals surface area (Å²) < 4.78 is 18.5. The van der Waals surface area contributed by atoms with Gasteiger partial charge in [-0.25, -0.2) is 14.4 Å². The fourth-order valence-corrected chi connectivity index (χ4v) is 3.58. The first-order chi connectivity index (χ1) is 13.5. The average Bonchev–Trinajstić information content (AvgIpc) is 3.08. The monoisotopic (exact) mass is 399 g/mol. The van der Waals surface area contributed by atoms with E-state index in [0.717, 1.165) is 35.5 Å². The number of nitrogens with one attached hydrogen (secondary N) is 1. The maximum absolute atomic E-state index is 12.9.